The lowest BCUT2D eigenvalue weighted by atomic mass is 9.85. The summed E-state index contributed by atoms with van der Waals surface area (Å²) >= 11 is 0. The van der Waals surface area contributed by atoms with E-state index >= 15 is 0 Å². The Kier molecular flexibility index (Phi) is 9.56. The Morgan fingerprint density at radius 3 is 2.79 bits per heavy atom. The molecule has 0 aliphatic carbocycles. The van der Waals surface area contributed by atoms with Crippen molar-refractivity contribution in [2.75, 3.05) is 25.6 Å². The number of hydrazine groups is 1. The van der Waals surface area contributed by atoms with Gasteiger partial charge in [0.2, 0.25) is 5.90 Å². The van der Waals surface area contributed by atoms with Crippen LogP contribution < -0.4 is 16.2 Å². The Labute approximate surface area is 231 Å². The number of likely N-dealkylation sites (tertiary alicyclic amines) is 1. The molecular weight excluding hydrogens is 493 g/mol. The topological polar surface area (TPSA) is 81.1 Å². The number of hydrogen-bond donors (Lipinski definition) is 4. The number of fused-ring (bicyclic) bond motifs is 1. The van der Waals surface area contributed by atoms with Crippen LogP contribution in [-0.2, 0) is 16.8 Å². The maximum absolute atomic E-state index is 14.1. The summed E-state index contributed by atoms with van der Waals surface area (Å²) in [4.78, 5) is 6.49. The molecule has 7 nitrogen and oxygen atoms in total. The average molecular weight is 536 g/mol. The van der Waals surface area contributed by atoms with Crippen molar-refractivity contribution in [3.63, 3.8) is 0 Å². The molecule has 0 amide bonds. The molecule has 2 aromatic carbocycles. The number of aliphatic hydroxyl groups is 1. The van der Waals surface area contributed by atoms with Gasteiger partial charge < -0.3 is 15.3 Å². The third-order valence-electron chi connectivity index (χ3n) is 7.56. The lowest BCUT2D eigenvalue weighted by Gasteiger charge is -2.27. The summed E-state index contributed by atoms with van der Waals surface area (Å²) in [7, 11) is 1.70. The van der Waals surface area contributed by atoms with Crippen LogP contribution in [0.3, 0.4) is 0 Å². The molecule has 210 valence electrons. The van der Waals surface area contributed by atoms with Crippen molar-refractivity contribution in [1.82, 2.24) is 15.6 Å². The molecule has 1 fully saturated rings. The monoisotopic (exact) mass is 535 g/mol. The third-order valence-corrected chi connectivity index (χ3v) is 7.56. The van der Waals surface area contributed by atoms with Gasteiger partial charge in [-0.15, -0.1) is 0 Å². The average Bonchev–Trinajstić information content (AvgIpc) is 3.11. The maximum Gasteiger partial charge on any atom is 0.208 e. The molecule has 4 N–H and O–H groups in total. The Balaban J connectivity index is 1.40. The van der Waals surface area contributed by atoms with Crippen LogP contribution in [-0.4, -0.2) is 48.2 Å². The maximum atomic E-state index is 14.1. The molecular formula is C31H42FN5O2. The third kappa shape index (κ3) is 7.13. The molecule has 2 aromatic rings. The van der Waals surface area contributed by atoms with E-state index in [4.69, 9.17) is 4.74 Å². The van der Waals surface area contributed by atoms with Crippen LogP contribution in [0.5, 0.6) is 0 Å². The molecule has 4 rings (SSSR count). The second-order valence-electron chi connectivity index (χ2n) is 10.8. The first kappa shape index (κ1) is 29.0. The smallest absolute Gasteiger partial charge is 0.208 e. The van der Waals surface area contributed by atoms with Gasteiger partial charge in [-0.2, -0.15) is 0 Å². The van der Waals surface area contributed by atoms with E-state index < -0.39 is 11.8 Å². The first-order chi connectivity index (χ1) is 18.7. The standard InChI is InChI=1S/C31H42FN5O2/c1-21(2)39-29(33-5)15-12-22(3)31(4)26-19-23(13-14-28(26)35-36-31)30(38)34-25-10-8-17-37(18-16-25)20-24-9-6-7-11-27(24)32/h6-7,9,11-15,19,21,25,30,34-36,38H,3,8,10,16-18,20H2,1-2,4-5H3. The van der Waals surface area contributed by atoms with Crippen molar-refractivity contribution < 1.29 is 14.2 Å². The van der Waals surface area contributed by atoms with Crippen LogP contribution in [0.25, 0.3) is 0 Å². The number of halogens is 1. The molecule has 0 spiro atoms. The first-order valence-corrected chi connectivity index (χ1v) is 13.8. The minimum absolute atomic E-state index is 0.0316. The normalized spacial score (nSPS) is 22.9. The molecule has 0 saturated carbocycles. The van der Waals surface area contributed by atoms with Gasteiger partial charge >= 0.3 is 0 Å². The summed E-state index contributed by atoms with van der Waals surface area (Å²) in [6, 6.07) is 13.1. The molecule has 0 aromatic heterocycles. The number of ether oxygens (including phenoxy) is 1. The Bertz CT molecular complexity index is 1210. The van der Waals surface area contributed by atoms with Gasteiger partial charge in [0.1, 0.15) is 12.0 Å². The second kappa shape index (κ2) is 12.9. The largest absolute Gasteiger partial charge is 0.475 e. The lowest BCUT2D eigenvalue weighted by Crippen LogP contribution is -2.38. The fourth-order valence-electron chi connectivity index (χ4n) is 5.18. The van der Waals surface area contributed by atoms with Crippen molar-refractivity contribution in [3.8, 4) is 0 Å². The van der Waals surface area contributed by atoms with Crippen molar-refractivity contribution >= 4 is 11.6 Å². The summed E-state index contributed by atoms with van der Waals surface area (Å²) < 4.78 is 19.8. The predicted octanol–water partition coefficient (Wildman–Crippen LogP) is 5.17. The van der Waals surface area contributed by atoms with Crippen LogP contribution in [0.4, 0.5) is 10.1 Å². The second-order valence-corrected chi connectivity index (χ2v) is 10.8. The van der Waals surface area contributed by atoms with E-state index in [1.165, 1.54) is 6.07 Å². The summed E-state index contributed by atoms with van der Waals surface area (Å²) in [6.07, 6.45) is 5.81. The number of hydrogen-bond acceptors (Lipinski definition) is 7. The number of rotatable bonds is 9. The fourth-order valence-corrected chi connectivity index (χ4v) is 5.18. The highest BCUT2D eigenvalue weighted by Gasteiger charge is 2.36. The van der Waals surface area contributed by atoms with Crippen molar-refractivity contribution in [3.05, 3.63) is 89.3 Å². The van der Waals surface area contributed by atoms with Gasteiger partial charge in [-0.25, -0.2) is 9.82 Å². The van der Waals surface area contributed by atoms with Gasteiger partial charge in [0, 0.05) is 36.8 Å². The van der Waals surface area contributed by atoms with E-state index in [1.807, 2.05) is 56.3 Å². The van der Waals surface area contributed by atoms with Gasteiger partial charge in [0.05, 0.1) is 17.3 Å². The molecule has 0 radical (unpaired) electrons. The summed E-state index contributed by atoms with van der Waals surface area (Å²) in [5, 5.41) is 14.6. The molecule has 2 aliphatic rings. The van der Waals surface area contributed by atoms with E-state index in [0.717, 1.165) is 60.3 Å². The number of benzene rings is 2. The van der Waals surface area contributed by atoms with E-state index in [2.05, 4.69) is 39.6 Å². The molecule has 0 bridgehead atoms. The van der Waals surface area contributed by atoms with Gasteiger partial charge in [-0.05, 0) is 82.5 Å². The lowest BCUT2D eigenvalue weighted by molar-refractivity contribution is 0.119. The summed E-state index contributed by atoms with van der Waals surface area (Å²) in [5.74, 6) is 0.394. The summed E-state index contributed by atoms with van der Waals surface area (Å²) in [5.41, 5.74) is 10.3. The van der Waals surface area contributed by atoms with E-state index in [-0.39, 0.29) is 18.0 Å². The molecule has 8 heteroatoms. The number of nitrogens with zero attached hydrogens (tertiary/aromatic N) is 2. The van der Waals surface area contributed by atoms with Gasteiger partial charge in [-0.3, -0.25) is 15.2 Å². The van der Waals surface area contributed by atoms with E-state index in [1.54, 1.807) is 13.1 Å². The summed E-state index contributed by atoms with van der Waals surface area (Å²) in [6.45, 7) is 12.7. The SMILES string of the molecule is C=C(C=CC(=NC)OC(C)C)C1(C)NNc2ccc(C(O)NC3CCCN(Cc4ccccc4F)CC3)cc21. The fraction of sp³-hybridized carbons (Fsp3) is 0.452. The van der Waals surface area contributed by atoms with Crippen LogP contribution in [0.1, 0.15) is 63.0 Å². The Morgan fingerprint density at radius 1 is 1.26 bits per heavy atom. The zero-order chi connectivity index (χ0) is 28.0. The van der Waals surface area contributed by atoms with Gasteiger partial charge in [0.15, 0.2) is 0 Å². The van der Waals surface area contributed by atoms with Gasteiger partial charge in [-0.1, -0.05) is 36.9 Å². The number of aliphatic hydroxyl groups excluding tert-OH is 1. The van der Waals surface area contributed by atoms with Crippen LogP contribution in [0.15, 0.2) is 71.8 Å². The zero-order valence-corrected chi connectivity index (χ0v) is 23.5. The van der Waals surface area contributed by atoms with Crippen molar-refractivity contribution in [2.45, 2.75) is 70.5 Å². The molecule has 3 atom stereocenters. The van der Waals surface area contributed by atoms with Crippen LogP contribution in [0.2, 0.25) is 0 Å². The highest BCUT2D eigenvalue weighted by Crippen LogP contribution is 2.39. The minimum Gasteiger partial charge on any atom is -0.475 e. The van der Waals surface area contributed by atoms with Crippen molar-refractivity contribution in [2.24, 2.45) is 4.99 Å². The number of anilines is 1. The highest BCUT2D eigenvalue weighted by molar-refractivity contribution is 5.88. The van der Waals surface area contributed by atoms with Crippen LogP contribution in [0, 0.1) is 5.82 Å². The highest BCUT2D eigenvalue weighted by atomic mass is 19.1. The Hall–Kier alpha value is -3.04. The Morgan fingerprint density at radius 2 is 2.05 bits per heavy atom. The van der Waals surface area contributed by atoms with Gasteiger partial charge in [0.25, 0.3) is 0 Å². The van der Waals surface area contributed by atoms with E-state index in [0.29, 0.717) is 12.4 Å². The molecule has 1 saturated heterocycles. The van der Waals surface area contributed by atoms with Crippen molar-refractivity contribution in [1.29, 1.82) is 0 Å². The number of nitrogens with one attached hydrogen (secondary N) is 3. The number of aliphatic imine (C=N–C) groups is 1. The molecule has 2 heterocycles. The van der Waals surface area contributed by atoms with E-state index in [9.17, 15) is 9.50 Å². The minimum atomic E-state index is -0.801. The van der Waals surface area contributed by atoms with Crippen LogP contribution >= 0.6 is 0 Å². The molecule has 39 heavy (non-hydrogen) atoms. The predicted molar refractivity (Wildman–Crippen MR) is 156 cm³/mol. The quantitative estimate of drug-likeness (QED) is 0.154. The molecule has 2 aliphatic heterocycles. The first-order valence-electron chi connectivity index (χ1n) is 13.8. The zero-order valence-electron chi connectivity index (χ0n) is 23.5. The molecule has 3 unspecified atom stereocenters.